The number of benzene rings is 1. The van der Waals surface area contributed by atoms with Crippen molar-refractivity contribution in [1.29, 1.82) is 0 Å². The van der Waals surface area contributed by atoms with Gasteiger partial charge in [0, 0.05) is 12.0 Å². The molecule has 0 bridgehead atoms. The van der Waals surface area contributed by atoms with Gasteiger partial charge in [0.1, 0.15) is 5.75 Å². The van der Waals surface area contributed by atoms with Crippen LogP contribution in [0.1, 0.15) is 19.4 Å². The zero-order valence-corrected chi connectivity index (χ0v) is 11.9. The first-order valence-electron chi connectivity index (χ1n) is 6.56. The molecule has 0 radical (unpaired) electrons. The standard InChI is InChI=1S/C16H18N2O2/c1-11(2)16(19)18-13-6-9-15(17-10-13)20-14-7-4-12(3)5-8-14/h4-11H,1-3H3,(H,18,19). The van der Waals surface area contributed by atoms with E-state index < -0.39 is 0 Å². The third-order valence-electron chi connectivity index (χ3n) is 2.77. The summed E-state index contributed by atoms with van der Waals surface area (Å²) in [4.78, 5) is 15.7. The first kappa shape index (κ1) is 14.1. The number of hydrogen-bond acceptors (Lipinski definition) is 3. The highest BCUT2D eigenvalue weighted by Gasteiger charge is 2.07. The molecule has 1 aromatic heterocycles. The smallest absolute Gasteiger partial charge is 0.226 e. The molecule has 0 saturated heterocycles. The van der Waals surface area contributed by atoms with E-state index in [0.717, 1.165) is 5.75 Å². The fourth-order valence-electron chi connectivity index (χ4n) is 1.53. The quantitative estimate of drug-likeness (QED) is 0.919. The van der Waals surface area contributed by atoms with Crippen molar-refractivity contribution in [3.05, 3.63) is 48.2 Å². The van der Waals surface area contributed by atoms with Gasteiger partial charge in [-0.1, -0.05) is 31.5 Å². The van der Waals surface area contributed by atoms with Gasteiger partial charge in [0.2, 0.25) is 11.8 Å². The minimum absolute atomic E-state index is 0.0287. The molecular weight excluding hydrogens is 252 g/mol. The van der Waals surface area contributed by atoms with E-state index in [2.05, 4.69) is 10.3 Å². The summed E-state index contributed by atoms with van der Waals surface area (Å²) in [5.41, 5.74) is 1.84. The fraction of sp³-hybridized carbons (Fsp3) is 0.250. The second kappa shape index (κ2) is 6.19. The topological polar surface area (TPSA) is 51.2 Å². The summed E-state index contributed by atoms with van der Waals surface area (Å²) < 4.78 is 5.62. The van der Waals surface area contributed by atoms with Crippen molar-refractivity contribution in [2.24, 2.45) is 5.92 Å². The van der Waals surface area contributed by atoms with Gasteiger partial charge in [0.05, 0.1) is 11.9 Å². The summed E-state index contributed by atoms with van der Waals surface area (Å²) in [6, 6.07) is 11.3. The molecule has 0 unspecified atom stereocenters. The van der Waals surface area contributed by atoms with E-state index in [1.54, 1.807) is 18.3 Å². The van der Waals surface area contributed by atoms with E-state index in [0.29, 0.717) is 11.6 Å². The second-order valence-corrected chi connectivity index (χ2v) is 4.94. The van der Waals surface area contributed by atoms with Crippen molar-refractivity contribution in [1.82, 2.24) is 4.98 Å². The van der Waals surface area contributed by atoms with Gasteiger partial charge in [-0.05, 0) is 25.1 Å². The highest BCUT2D eigenvalue weighted by Crippen LogP contribution is 2.20. The molecule has 0 saturated carbocycles. The number of carbonyl (C=O) groups excluding carboxylic acids is 1. The Morgan fingerprint density at radius 1 is 1.15 bits per heavy atom. The number of hydrogen-bond donors (Lipinski definition) is 1. The normalized spacial score (nSPS) is 10.4. The monoisotopic (exact) mass is 270 g/mol. The van der Waals surface area contributed by atoms with Gasteiger partial charge in [0.15, 0.2) is 0 Å². The van der Waals surface area contributed by atoms with E-state index in [4.69, 9.17) is 4.74 Å². The van der Waals surface area contributed by atoms with Gasteiger partial charge >= 0.3 is 0 Å². The summed E-state index contributed by atoms with van der Waals surface area (Å²) in [7, 11) is 0. The third kappa shape index (κ3) is 3.82. The molecule has 0 aliphatic rings. The molecule has 0 aliphatic heterocycles. The third-order valence-corrected chi connectivity index (χ3v) is 2.77. The van der Waals surface area contributed by atoms with Crippen LogP contribution in [0.5, 0.6) is 11.6 Å². The Bertz CT molecular complexity index is 574. The average Bonchev–Trinajstić information content (AvgIpc) is 2.43. The van der Waals surface area contributed by atoms with Crippen LogP contribution in [-0.2, 0) is 4.79 Å². The van der Waals surface area contributed by atoms with Crippen LogP contribution in [0.4, 0.5) is 5.69 Å². The highest BCUT2D eigenvalue weighted by atomic mass is 16.5. The van der Waals surface area contributed by atoms with Crippen LogP contribution >= 0.6 is 0 Å². The van der Waals surface area contributed by atoms with Gasteiger partial charge in [-0.2, -0.15) is 0 Å². The van der Waals surface area contributed by atoms with E-state index in [1.807, 2.05) is 45.0 Å². The molecule has 0 fully saturated rings. The molecule has 0 aliphatic carbocycles. The Morgan fingerprint density at radius 2 is 1.85 bits per heavy atom. The van der Waals surface area contributed by atoms with Gasteiger partial charge in [-0.3, -0.25) is 4.79 Å². The van der Waals surface area contributed by atoms with Gasteiger partial charge in [-0.25, -0.2) is 4.98 Å². The molecule has 1 amide bonds. The van der Waals surface area contributed by atoms with Gasteiger partial charge in [-0.15, -0.1) is 0 Å². The van der Waals surface area contributed by atoms with Crippen LogP contribution in [0.15, 0.2) is 42.6 Å². The number of ether oxygens (including phenoxy) is 1. The molecule has 0 spiro atoms. The van der Waals surface area contributed by atoms with E-state index >= 15 is 0 Å². The maximum Gasteiger partial charge on any atom is 0.226 e. The van der Waals surface area contributed by atoms with Gasteiger partial charge in [0.25, 0.3) is 0 Å². The molecule has 4 nitrogen and oxygen atoms in total. The summed E-state index contributed by atoms with van der Waals surface area (Å²) in [6.07, 6.45) is 1.59. The molecular formula is C16H18N2O2. The molecule has 0 atom stereocenters. The number of rotatable bonds is 4. The summed E-state index contributed by atoms with van der Waals surface area (Å²) >= 11 is 0. The second-order valence-electron chi connectivity index (χ2n) is 4.94. The molecule has 1 heterocycles. The lowest BCUT2D eigenvalue weighted by molar-refractivity contribution is -0.118. The van der Waals surface area contributed by atoms with Crippen molar-refractivity contribution in [2.75, 3.05) is 5.32 Å². The van der Waals surface area contributed by atoms with Crippen molar-refractivity contribution in [2.45, 2.75) is 20.8 Å². The Labute approximate surface area is 118 Å². The van der Waals surface area contributed by atoms with Crippen LogP contribution in [0.3, 0.4) is 0 Å². The first-order chi connectivity index (χ1) is 9.54. The van der Waals surface area contributed by atoms with Crippen LogP contribution in [0, 0.1) is 12.8 Å². The number of nitrogens with one attached hydrogen (secondary N) is 1. The minimum Gasteiger partial charge on any atom is -0.439 e. The molecule has 104 valence electrons. The lowest BCUT2D eigenvalue weighted by Gasteiger charge is -2.08. The molecule has 1 N–H and O–H groups in total. The number of aryl methyl sites for hydroxylation is 1. The lowest BCUT2D eigenvalue weighted by atomic mass is 10.2. The van der Waals surface area contributed by atoms with Crippen LogP contribution in [-0.4, -0.2) is 10.9 Å². The van der Waals surface area contributed by atoms with E-state index in [1.165, 1.54) is 5.56 Å². The number of anilines is 1. The predicted octanol–water partition coefficient (Wildman–Crippen LogP) is 3.78. The summed E-state index contributed by atoms with van der Waals surface area (Å²) in [5, 5.41) is 2.78. The number of amides is 1. The minimum atomic E-state index is -0.0570. The Balaban J connectivity index is 2.01. The maximum atomic E-state index is 11.5. The van der Waals surface area contributed by atoms with Crippen molar-refractivity contribution < 1.29 is 9.53 Å². The molecule has 2 aromatic rings. The number of carbonyl (C=O) groups is 1. The first-order valence-corrected chi connectivity index (χ1v) is 6.56. The van der Waals surface area contributed by atoms with E-state index in [-0.39, 0.29) is 11.8 Å². The SMILES string of the molecule is Cc1ccc(Oc2ccc(NC(=O)C(C)C)cn2)cc1. The van der Waals surface area contributed by atoms with Crippen molar-refractivity contribution >= 4 is 11.6 Å². The lowest BCUT2D eigenvalue weighted by Crippen LogP contribution is -2.17. The van der Waals surface area contributed by atoms with Crippen molar-refractivity contribution in [3.63, 3.8) is 0 Å². The zero-order chi connectivity index (χ0) is 14.5. The molecule has 1 aromatic carbocycles. The van der Waals surface area contributed by atoms with Crippen LogP contribution in [0.2, 0.25) is 0 Å². The number of nitrogens with zero attached hydrogens (tertiary/aromatic N) is 1. The fourth-order valence-corrected chi connectivity index (χ4v) is 1.53. The summed E-state index contributed by atoms with van der Waals surface area (Å²) in [5.74, 6) is 1.15. The Morgan fingerprint density at radius 3 is 2.40 bits per heavy atom. The zero-order valence-electron chi connectivity index (χ0n) is 11.9. The Hall–Kier alpha value is -2.36. The largest absolute Gasteiger partial charge is 0.439 e. The molecule has 20 heavy (non-hydrogen) atoms. The predicted molar refractivity (Wildman–Crippen MR) is 79.0 cm³/mol. The molecule has 4 heteroatoms. The Kier molecular flexibility index (Phi) is 4.35. The van der Waals surface area contributed by atoms with Crippen LogP contribution in [0.25, 0.3) is 0 Å². The van der Waals surface area contributed by atoms with E-state index in [9.17, 15) is 4.79 Å². The maximum absolute atomic E-state index is 11.5. The average molecular weight is 270 g/mol. The highest BCUT2D eigenvalue weighted by molar-refractivity contribution is 5.91. The molecule has 2 rings (SSSR count). The number of pyridine rings is 1. The number of aromatic nitrogens is 1. The summed E-state index contributed by atoms with van der Waals surface area (Å²) in [6.45, 7) is 5.71. The van der Waals surface area contributed by atoms with Gasteiger partial charge < -0.3 is 10.1 Å². The van der Waals surface area contributed by atoms with Crippen LogP contribution < -0.4 is 10.1 Å². The van der Waals surface area contributed by atoms with Crippen molar-refractivity contribution in [3.8, 4) is 11.6 Å².